The second-order valence-corrected chi connectivity index (χ2v) is 9.64. The molecule has 3 aromatic carbocycles. The number of aromatic amines is 1. The van der Waals surface area contributed by atoms with E-state index < -0.39 is 10.0 Å². The zero-order valence-corrected chi connectivity index (χ0v) is 17.4. The lowest BCUT2D eigenvalue weighted by atomic mass is 10.0. The van der Waals surface area contributed by atoms with Crippen LogP contribution in [0.2, 0.25) is 5.02 Å². The van der Waals surface area contributed by atoms with Crippen molar-refractivity contribution in [1.29, 1.82) is 0 Å². The second kappa shape index (κ2) is 6.76. The van der Waals surface area contributed by atoms with Gasteiger partial charge in [-0.15, -0.1) is 0 Å². The first-order valence-corrected chi connectivity index (χ1v) is 11.3. The van der Waals surface area contributed by atoms with Crippen molar-refractivity contribution in [2.24, 2.45) is 0 Å². The number of benzene rings is 3. The van der Waals surface area contributed by atoms with Gasteiger partial charge in [-0.3, -0.25) is 4.72 Å². The smallest absolute Gasteiger partial charge is 0.262 e. The Kier molecular flexibility index (Phi) is 4.31. The summed E-state index contributed by atoms with van der Waals surface area (Å²) < 4.78 is 29.0. The normalized spacial score (nSPS) is 15.0. The lowest BCUT2D eigenvalue weighted by Crippen LogP contribution is -2.26. The highest BCUT2D eigenvalue weighted by Crippen LogP contribution is 2.31. The molecule has 148 valence electrons. The first-order valence-electron chi connectivity index (χ1n) is 9.44. The molecule has 1 aromatic heterocycles. The molecule has 29 heavy (non-hydrogen) atoms. The highest BCUT2D eigenvalue weighted by molar-refractivity contribution is 7.93. The van der Waals surface area contributed by atoms with E-state index in [0.717, 1.165) is 35.8 Å². The van der Waals surface area contributed by atoms with Gasteiger partial charge in [-0.25, -0.2) is 8.42 Å². The number of hydrogen-bond acceptors (Lipinski definition) is 3. The molecule has 0 amide bonds. The average molecular weight is 426 g/mol. The Balaban J connectivity index is 1.55. The zero-order valence-electron chi connectivity index (χ0n) is 15.9. The maximum atomic E-state index is 13.1. The van der Waals surface area contributed by atoms with Crippen molar-refractivity contribution in [3.05, 3.63) is 70.9 Å². The molecule has 5 nitrogen and oxygen atoms in total. The van der Waals surface area contributed by atoms with Gasteiger partial charge in [-0.2, -0.15) is 0 Å². The summed E-state index contributed by atoms with van der Waals surface area (Å²) in [5.41, 5.74) is 4.08. The number of likely N-dealkylation sites (N-methyl/N-ethyl adjacent to an activating group) is 1. The van der Waals surface area contributed by atoms with E-state index in [9.17, 15) is 8.42 Å². The standard InChI is InChI=1S/C22H20ClN3O2S/c1-26-10-9-18-19-12-16(6-8-20(19)24-21(18)13-26)25-29(27,28)22-4-2-3-14-11-15(23)5-7-17(14)22/h2-8,11-12,24-25H,9-10,13H2,1H3. The monoisotopic (exact) mass is 425 g/mol. The Hall–Kier alpha value is -2.54. The number of aromatic nitrogens is 1. The molecule has 0 unspecified atom stereocenters. The molecule has 1 aliphatic rings. The summed E-state index contributed by atoms with van der Waals surface area (Å²) in [5.74, 6) is 0. The zero-order chi connectivity index (χ0) is 20.2. The van der Waals surface area contributed by atoms with Gasteiger partial charge >= 0.3 is 0 Å². The number of H-pyrrole nitrogens is 1. The minimum atomic E-state index is -3.75. The fourth-order valence-electron chi connectivity index (χ4n) is 4.11. The number of fused-ring (bicyclic) bond motifs is 4. The molecular weight excluding hydrogens is 406 g/mol. The van der Waals surface area contributed by atoms with Crippen LogP contribution < -0.4 is 4.72 Å². The fraction of sp³-hybridized carbons (Fsp3) is 0.182. The van der Waals surface area contributed by atoms with Gasteiger partial charge in [-0.05, 0) is 60.8 Å². The van der Waals surface area contributed by atoms with E-state index in [1.165, 1.54) is 11.3 Å². The summed E-state index contributed by atoms with van der Waals surface area (Å²) in [5, 5.41) is 3.10. The summed E-state index contributed by atoms with van der Waals surface area (Å²) in [6, 6.07) is 16.1. The summed E-state index contributed by atoms with van der Waals surface area (Å²) >= 11 is 6.06. The minimum absolute atomic E-state index is 0.240. The van der Waals surface area contributed by atoms with Crippen LogP contribution in [-0.4, -0.2) is 31.9 Å². The molecule has 2 heterocycles. The molecule has 0 saturated carbocycles. The van der Waals surface area contributed by atoms with E-state index in [1.54, 1.807) is 36.4 Å². The SMILES string of the molecule is CN1CCc2c([nH]c3ccc(NS(=O)(=O)c4cccc5cc(Cl)ccc45)cc23)C1. The first-order chi connectivity index (χ1) is 13.9. The Morgan fingerprint density at radius 3 is 2.79 bits per heavy atom. The van der Waals surface area contributed by atoms with E-state index in [0.29, 0.717) is 16.1 Å². The van der Waals surface area contributed by atoms with Crippen molar-refractivity contribution < 1.29 is 8.42 Å². The van der Waals surface area contributed by atoms with Crippen LogP contribution in [0.4, 0.5) is 5.69 Å². The van der Waals surface area contributed by atoms with Gasteiger partial charge in [0.15, 0.2) is 0 Å². The first kappa shape index (κ1) is 18.5. The van der Waals surface area contributed by atoms with Gasteiger partial charge < -0.3 is 9.88 Å². The third-order valence-electron chi connectivity index (χ3n) is 5.51. The minimum Gasteiger partial charge on any atom is -0.357 e. The molecule has 0 bridgehead atoms. The molecule has 4 aromatic rings. The summed E-state index contributed by atoms with van der Waals surface area (Å²) in [4.78, 5) is 5.98. The molecule has 0 radical (unpaired) electrons. The van der Waals surface area contributed by atoms with Crippen LogP contribution in [0.15, 0.2) is 59.5 Å². The maximum absolute atomic E-state index is 13.1. The van der Waals surface area contributed by atoms with E-state index in [-0.39, 0.29) is 4.90 Å². The highest BCUT2D eigenvalue weighted by Gasteiger charge is 2.21. The van der Waals surface area contributed by atoms with Gasteiger partial charge in [-0.1, -0.05) is 29.8 Å². The predicted octanol–water partition coefficient (Wildman–Crippen LogP) is 4.76. The van der Waals surface area contributed by atoms with E-state index in [1.807, 2.05) is 18.2 Å². The topological polar surface area (TPSA) is 65.2 Å². The van der Waals surface area contributed by atoms with Crippen LogP contribution >= 0.6 is 11.6 Å². The number of hydrogen-bond donors (Lipinski definition) is 2. The number of rotatable bonds is 3. The summed E-state index contributed by atoms with van der Waals surface area (Å²) in [7, 11) is -1.64. The third kappa shape index (κ3) is 3.27. The lowest BCUT2D eigenvalue weighted by molar-refractivity contribution is 0.310. The van der Waals surface area contributed by atoms with Crippen LogP contribution in [0, 0.1) is 0 Å². The van der Waals surface area contributed by atoms with Crippen LogP contribution in [0.5, 0.6) is 0 Å². The molecule has 2 N–H and O–H groups in total. The van der Waals surface area contributed by atoms with E-state index in [2.05, 4.69) is 21.7 Å². The van der Waals surface area contributed by atoms with E-state index >= 15 is 0 Å². The van der Waals surface area contributed by atoms with Crippen molar-refractivity contribution in [2.45, 2.75) is 17.9 Å². The number of nitrogens with one attached hydrogen (secondary N) is 2. The number of nitrogens with zero attached hydrogens (tertiary/aromatic N) is 1. The molecule has 0 spiro atoms. The second-order valence-electron chi connectivity index (χ2n) is 7.56. The predicted molar refractivity (Wildman–Crippen MR) is 118 cm³/mol. The van der Waals surface area contributed by atoms with Crippen LogP contribution in [0.1, 0.15) is 11.3 Å². The maximum Gasteiger partial charge on any atom is 0.262 e. The molecular formula is C22H20ClN3O2S. The average Bonchev–Trinajstić information content (AvgIpc) is 3.03. The molecule has 0 atom stereocenters. The summed E-state index contributed by atoms with van der Waals surface area (Å²) in [6.45, 7) is 1.87. The van der Waals surface area contributed by atoms with E-state index in [4.69, 9.17) is 11.6 Å². The Bertz CT molecular complexity index is 1360. The molecule has 1 aliphatic heterocycles. The number of halogens is 1. The van der Waals surface area contributed by atoms with Crippen LogP contribution in [-0.2, 0) is 23.0 Å². The van der Waals surface area contributed by atoms with Crippen molar-refractivity contribution in [3.63, 3.8) is 0 Å². The van der Waals surface area contributed by atoms with Crippen molar-refractivity contribution in [2.75, 3.05) is 18.3 Å². The Labute approximate surface area is 174 Å². The molecule has 5 rings (SSSR count). The quantitative estimate of drug-likeness (QED) is 0.497. The summed E-state index contributed by atoms with van der Waals surface area (Å²) in [6.07, 6.45) is 0.951. The van der Waals surface area contributed by atoms with Gasteiger partial charge in [0.2, 0.25) is 0 Å². The van der Waals surface area contributed by atoms with Crippen molar-refractivity contribution in [3.8, 4) is 0 Å². The van der Waals surface area contributed by atoms with Crippen molar-refractivity contribution in [1.82, 2.24) is 9.88 Å². The molecule has 0 saturated heterocycles. The third-order valence-corrected chi connectivity index (χ3v) is 7.18. The molecule has 0 aliphatic carbocycles. The Morgan fingerprint density at radius 2 is 1.93 bits per heavy atom. The molecule has 0 fully saturated rings. The van der Waals surface area contributed by atoms with Crippen LogP contribution in [0.3, 0.4) is 0 Å². The van der Waals surface area contributed by atoms with Gasteiger partial charge in [0.05, 0.1) is 4.90 Å². The largest absolute Gasteiger partial charge is 0.357 e. The Morgan fingerprint density at radius 1 is 1.07 bits per heavy atom. The fourth-order valence-corrected chi connectivity index (χ4v) is 5.57. The molecule has 7 heteroatoms. The lowest BCUT2D eigenvalue weighted by Gasteiger charge is -2.22. The van der Waals surface area contributed by atoms with Gasteiger partial charge in [0.1, 0.15) is 0 Å². The van der Waals surface area contributed by atoms with Gasteiger partial charge in [0, 0.05) is 45.8 Å². The van der Waals surface area contributed by atoms with Crippen LogP contribution in [0.25, 0.3) is 21.7 Å². The highest BCUT2D eigenvalue weighted by atomic mass is 35.5. The number of anilines is 1. The van der Waals surface area contributed by atoms with Crippen molar-refractivity contribution >= 4 is 49.0 Å². The number of sulfonamides is 1. The van der Waals surface area contributed by atoms with Gasteiger partial charge in [0.25, 0.3) is 10.0 Å².